The number of ether oxygens (including phenoxy) is 1. The van der Waals surface area contributed by atoms with E-state index >= 15 is 0 Å². The van der Waals surface area contributed by atoms with Crippen molar-refractivity contribution in [3.8, 4) is 5.75 Å². The van der Waals surface area contributed by atoms with Crippen LogP contribution in [0.3, 0.4) is 0 Å². The van der Waals surface area contributed by atoms with Gasteiger partial charge in [0.25, 0.3) is 0 Å². The van der Waals surface area contributed by atoms with Crippen LogP contribution in [0.25, 0.3) is 0 Å². The molecule has 2 N–H and O–H groups in total. The summed E-state index contributed by atoms with van der Waals surface area (Å²) in [4.78, 5) is 11.5. The van der Waals surface area contributed by atoms with Crippen molar-refractivity contribution in [3.63, 3.8) is 0 Å². The highest BCUT2D eigenvalue weighted by atomic mass is 19.4. The highest BCUT2D eigenvalue weighted by Crippen LogP contribution is 2.18. The van der Waals surface area contributed by atoms with Crippen molar-refractivity contribution in [3.05, 3.63) is 29.8 Å². The Morgan fingerprint density at radius 2 is 2.10 bits per heavy atom. The molecule has 0 fully saturated rings. The van der Waals surface area contributed by atoms with Crippen LogP contribution in [0.4, 0.5) is 13.2 Å². The van der Waals surface area contributed by atoms with Gasteiger partial charge in [-0.25, -0.2) is 0 Å². The Bertz CT molecular complexity index is 449. The van der Waals surface area contributed by atoms with Crippen molar-refractivity contribution >= 4 is 5.91 Å². The third-order valence-corrected chi connectivity index (χ3v) is 2.58. The highest BCUT2D eigenvalue weighted by Gasteiger charge is 2.26. The van der Waals surface area contributed by atoms with Gasteiger partial charge in [0.05, 0.1) is 26.2 Å². The SMILES string of the molecule is COc1cccc([C@@H](C)NC(=O)CNCC(F)(F)F)c1. The lowest BCUT2D eigenvalue weighted by atomic mass is 10.1. The predicted molar refractivity (Wildman–Crippen MR) is 68.5 cm³/mol. The fraction of sp³-hybridized carbons (Fsp3) is 0.462. The zero-order valence-corrected chi connectivity index (χ0v) is 11.3. The molecule has 20 heavy (non-hydrogen) atoms. The molecule has 1 rings (SSSR count). The molecular weight excluding hydrogens is 273 g/mol. The van der Waals surface area contributed by atoms with E-state index in [0.29, 0.717) is 5.75 Å². The predicted octanol–water partition coefficient (Wildman–Crippen LogP) is 2.02. The van der Waals surface area contributed by atoms with E-state index in [-0.39, 0.29) is 12.6 Å². The number of methoxy groups -OCH3 is 1. The first-order valence-corrected chi connectivity index (χ1v) is 6.02. The van der Waals surface area contributed by atoms with Crippen molar-refractivity contribution in [2.45, 2.75) is 19.1 Å². The second-order valence-corrected chi connectivity index (χ2v) is 4.28. The molecule has 1 aromatic rings. The summed E-state index contributed by atoms with van der Waals surface area (Å²) in [5, 5.41) is 4.65. The summed E-state index contributed by atoms with van der Waals surface area (Å²) < 4.78 is 40.8. The summed E-state index contributed by atoms with van der Waals surface area (Å²) in [7, 11) is 1.53. The maximum atomic E-state index is 11.9. The lowest BCUT2D eigenvalue weighted by Gasteiger charge is -2.15. The Morgan fingerprint density at radius 3 is 2.70 bits per heavy atom. The molecule has 7 heteroatoms. The maximum absolute atomic E-state index is 11.9. The summed E-state index contributed by atoms with van der Waals surface area (Å²) in [6.07, 6.45) is -4.32. The minimum Gasteiger partial charge on any atom is -0.497 e. The molecule has 112 valence electrons. The fourth-order valence-corrected chi connectivity index (χ4v) is 1.60. The number of nitrogens with one attached hydrogen (secondary N) is 2. The number of halogens is 3. The van der Waals surface area contributed by atoms with Gasteiger partial charge >= 0.3 is 6.18 Å². The topological polar surface area (TPSA) is 50.4 Å². The Balaban J connectivity index is 2.44. The van der Waals surface area contributed by atoms with Gasteiger partial charge < -0.3 is 15.4 Å². The zero-order valence-electron chi connectivity index (χ0n) is 11.3. The molecule has 0 bridgehead atoms. The molecule has 0 aliphatic heterocycles. The van der Waals surface area contributed by atoms with E-state index in [1.54, 1.807) is 31.2 Å². The van der Waals surface area contributed by atoms with Gasteiger partial charge in [-0.15, -0.1) is 0 Å². The lowest BCUT2D eigenvalue weighted by molar-refractivity contribution is -0.128. The minimum atomic E-state index is -4.32. The molecule has 1 atom stereocenters. The van der Waals surface area contributed by atoms with Gasteiger partial charge in [-0.05, 0) is 24.6 Å². The van der Waals surface area contributed by atoms with Crippen LogP contribution in [0.1, 0.15) is 18.5 Å². The van der Waals surface area contributed by atoms with Gasteiger partial charge in [0.2, 0.25) is 5.91 Å². The summed E-state index contributed by atoms with van der Waals surface area (Å²) in [5.41, 5.74) is 0.813. The standard InChI is InChI=1S/C13H17F3N2O2/c1-9(10-4-3-5-11(6-10)20-2)18-12(19)7-17-8-13(14,15)16/h3-6,9,17H,7-8H2,1-2H3,(H,18,19)/t9-/m1/s1. The second-order valence-electron chi connectivity index (χ2n) is 4.28. The van der Waals surface area contributed by atoms with Crippen LogP contribution >= 0.6 is 0 Å². The molecule has 1 amide bonds. The molecule has 0 saturated carbocycles. The van der Waals surface area contributed by atoms with Crippen molar-refractivity contribution in [1.29, 1.82) is 0 Å². The largest absolute Gasteiger partial charge is 0.497 e. The van der Waals surface area contributed by atoms with Crippen molar-refractivity contribution < 1.29 is 22.7 Å². The smallest absolute Gasteiger partial charge is 0.401 e. The fourth-order valence-electron chi connectivity index (χ4n) is 1.60. The number of hydrogen-bond acceptors (Lipinski definition) is 3. The highest BCUT2D eigenvalue weighted by molar-refractivity contribution is 5.78. The van der Waals surface area contributed by atoms with Crippen LogP contribution in [0.2, 0.25) is 0 Å². The van der Waals surface area contributed by atoms with Crippen LogP contribution in [0, 0.1) is 0 Å². The minimum absolute atomic E-state index is 0.315. The molecule has 0 spiro atoms. The number of alkyl halides is 3. The van der Waals surface area contributed by atoms with Gasteiger partial charge in [-0.3, -0.25) is 4.79 Å². The molecule has 0 aromatic heterocycles. The lowest BCUT2D eigenvalue weighted by Crippen LogP contribution is -2.39. The van der Waals surface area contributed by atoms with E-state index < -0.39 is 18.6 Å². The van der Waals surface area contributed by atoms with Gasteiger partial charge in [-0.2, -0.15) is 13.2 Å². The zero-order chi connectivity index (χ0) is 15.2. The monoisotopic (exact) mass is 290 g/mol. The number of carbonyl (C=O) groups is 1. The van der Waals surface area contributed by atoms with Crippen molar-refractivity contribution in [2.75, 3.05) is 20.2 Å². The third-order valence-electron chi connectivity index (χ3n) is 2.58. The molecule has 0 heterocycles. The number of amides is 1. The van der Waals surface area contributed by atoms with Crippen molar-refractivity contribution in [1.82, 2.24) is 10.6 Å². The van der Waals surface area contributed by atoms with Gasteiger partial charge in [0.15, 0.2) is 0 Å². The van der Waals surface area contributed by atoms with E-state index in [2.05, 4.69) is 5.32 Å². The Morgan fingerprint density at radius 1 is 1.40 bits per heavy atom. The quantitative estimate of drug-likeness (QED) is 0.843. The third kappa shape index (κ3) is 5.92. The molecule has 4 nitrogen and oxygen atoms in total. The van der Waals surface area contributed by atoms with Crippen LogP contribution in [-0.2, 0) is 4.79 Å². The summed E-state index contributed by atoms with van der Waals surface area (Å²) >= 11 is 0. The second kappa shape index (κ2) is 7.14. The van der Waals surface area contributed by atoms with Crippen LogP contribution in [-0.4, -0.2) is 32.3 Å². The Labute approximate surface area is 115 Å². The molecule has 0 radical (unpaired) electrons. The Kier molecular flexibility index (Phi) is 5.82. The average molecular weight is 290 g/mol. The molecule has 1 aromatic carbocycles. The molecule has 0 aliphatic carbocycles. The molecule has 0 unspecified atom stereocenters. The summed E-state index contributed by atoms with van der Waals surface area (Å²) in [6, 6.07) is 6.79. The van der Waals surface area contributed by atoms with Crippen molar-refractivity contribution in [2.24, 2.45) is 0 Å². The summed E-state index contributed by atoms with van der Waals surface area (Å²) in [6.45, 7) is 0.179. The van der Waals surface area contributed by atoms with E-state index in [0.717, 1.165) is 5.56 Å². The molecule has 0 aliphatic rings. The van der Waals surface area contributed by atoms with Gasteiger partial charge in [0, 0.05) is 0 Å². The number of rotatable bonds is 6. The number of benzene rings is 1. The Hall–Kier alpha value is -1.76. The van der Waals surface area contributed by atoms with Gasteiger partial charge in [-0.1, -0.05) is 12.1 Å². The molecule has 0 saturated heterocycles. The van der Waals surface area contributed by atoms with E-state index in [1.165, 1.54) is 7.11 Å². The average Bonchev–Trinajstić information content (AvgIpc) is 2.37. The number of carbonyl (C=O) groups excluding carboxylic acids is 1. The molecular formula is C13H17F3N2O2. The van der Waals surface area contributed by atoms with E-state index in [9.17, 15) is 18.0 Å². The van der Waals surface area contributed by atoms with Crippen LogP contribution in [0.15, 0.2) is 24.3 Å². The first-order valence-electron chi connectivity index (χ1n) is 6.02. The maximum Gasteiger partial charge on any atom is 0.401 e. The normalized spacial score (nSPS) is 12.8. The first kappa shape index (κ1) is 16.3. The van der Waals surface area contributed by atoms with E-state index in [1.807, 2.05) is 5.32 Å². The van der Waals surface area contributed by atoms with E-state index in [4.69, 9.17) is 4.74 Å². The van der Waals surface area contributed by atoms with Gasteiger partial charge in [0.1, 0.15) is 5.75 Å². The van der Waals surface area contributed by atoms with Crippen LogP contribution < -0.4 is 15.4 Å². The first-order chi connectivity index (χ1) is 9.31. The van der Waals surface area contributed by atoms with Crippen LogP contribution in [0.5, 0.6) is 5.75 Å². The summed E-state index contributed by atoms with van der Waals surface area (Å²) in [5.74, 6) is 0.156. The number of hydrogen-bond donors (Lipinski definition) is 2.